The fourth-order valence-electron chi connectivity index (χ4n) is 6.46. The summed E-state index contributed by atoms with van der Waals surface area (Å²) >= 11 is 0. The third kappa shape index (κ3) is 18.6. The van der Waals surface area contributed by atoms with Gasteiger partial charge in [-0.25, -0.2) is 0 Å². The summed E-state index contributed by atoms with van der Waals surface area (Å²) in [5.41, 5.74) is 18.1. The summed E-state index contributed by atoms with van der Waals surface area (Å²) in [5.74, 6) is 2.88. The third-order valence-corrected chi connectivity index (χ3v) is 9.35. The second-order valence-corrected chi connectivity index (χ2v) is 15.3. The van der Waals surface area contributed by atoms with Crippen LogP contribution in [0, 0.1) is 19.3 Å². The predicted octanol–water partition coefficient (Wildman–Crippen LogP) is 18.9. The van der Waals surface area contributed by atoms with Gasteiger partial charge in [0.15, 0.2) is 0 Å². The van der Waals surface area contributed by atoms with Crippen LogP contribution in [0.15, 0.2) is 132 Å². The number of allylic oxidation sites excluding steroid dienone is 10. The monoisotopic (exact) mass is 822 g/mol. The average Bonchev–Trinajstić information content (AvgIpc) is 3.25. The molecule has 0 fully saturated rings. The normalized spacial score (nSPS) is 16.9. The van der Waals surface area contributed by atoms with Crippen molar-refractivity contribution in [2.75, 3.05) is 11.4 Å². The number of nitrogens with zero attached hydrogens (tertiary/aromatic N) is 1. The van der Waals surface area contributed by atoms with Crippen molar-refractivity contribution in [2.24, 2.45) is 0 Å². The molecule has 3 aromatic carbocycles. The Morgan fingerprint density at radius 2 is 1.36 bits per heavy atom. The second-order valence-electron chi connectivity index (χ2n) is 15.3. The zero-order chi connectivity index (χ0) is 47.3. The van der Waals surface area contributed by atoms with E-state index in [9.17, 15) is 0 Å². The Labute approximate surface area is 378 Å². The summed E-state index contributed by atoms with van der Waals surface area (Å²) in [5, 5.41) is 0. The Morgan fingerprint density at radius 3 is 1.89 bits per heavy atom. The molecular weight excluding hydrogens is 735 g/mol. The van der Waals surface area contributed by atoms with Gasteiger partial charge in [0, 0.05) is 17.9 Å². The van der Waals surface area contributed by atoms with Crippen LogP contribution < -0.4 is 4.90 Å². The van der Waals surface area contributed by atoms with Crippen LogP contribution in [-0.4, -0.2) is 6.54 Å². The Bertz CT molecular complexity index is 2000. The highest BCUT2D eigenvalue weighted by molar-refractivity contribution is 5.83. The van der Waals surface area contributed by atoms with E-state index in [1.54, 1.807) is 6.08 Å². The van der Waals surface area contributed by atoms with Crippen molar-refractivity contribution < 1.29 is 0 Å². The first-order valence-electron chi connectivity index (χ1n) is 23.2. The standard InChI is InChI=1S/C46H49N.C3H8.C3H6.4C2H6/c1-11-13-33(5)39-25-40(36-19-15-31(3)16-20-36)29-43(28-39)47-30-38(14-12-2)44-22-18-32(4)17-21-37-26-42(46(8,9)10)27-41(24-35(47)7)45(37)23-34(44)6;2*1-3-2;4*1-2/h2,11,13-16,18-20,22-29H,5,17,21,30H2,1,3-4,6-10H3;3H2,1-2H3;3H,1H2,2H3;4*1-2H3/b13-11-,32-18+,34-23+,35-24+,38-14+,44-22+;;;;;;. The molecule has 0 spiro atoms. The van der Waals surface area contributed by atoms with Gasteiger partial charge in [-0.15, -0.1) is 13.0 Å². The molecule has 0 saturated carbocycles. The predicted molar refractivity (Wildman–Crippen MR) is 285 cm³/mol. The molecule has 61 heavy (non-hydrogen) atoms. The van der Waals surface area contributed by atoms with Gasteiger partial charge in [-0.3, -0.25) is 0 Å². The summed E-state index contributed by atoms with van der Waals surface area (Å²) in [6, 6.07) is 20.5. The van der Waals surface area contributed by atoms with E-state index in [-0.39, 0.29) is 5.41 Å². The lowest BCUT2D eigenvalue weighted by Gasteiger charge is -2.31. The minimum Gasteiger partial charge on any atom is -0.341 e. The number of rotatable bonds is 4. The van der Waals surface area contributed by atoms with Gasteiger partial charge >= 0.3 is 0 Å². The lowest BCUT2D eigenvalue weighted by molar-refractivity contribution is 0.589. The van der Waals surface area contributed by atoms with E-state index < -0.39 is 0 Å². The van der Waals surface area contributed by atoms with Crippen molar-refractivity contribution in [1.29, 1.82) is 0 Å². The minimum absolute atomic E-state index is 0.0272. The molecule has 3 aromatic rings. The molecule has 1 heterocycles. The molecule has 1 heteroatoms. The highest BCUT2D eigenvalue weighted by atomic mass is 15.1. The maximum Gasteiger partial charge on any atom is 0.0490 e. The Hall–Kier alpha value is -5.06. The fourth-order valence-corrected chi connectivity index (χ4v) is 6.46. The zero-order valence-corrected chi connectivity index (χ0v) is 42.6. The molecule has 1 aliphatic carbocycles. The summed E-state index contributed by atoms with van der Waals surface area (Å²) in [4.78, 5) is 2.43. The van der Waals surface area contributed by atoms with Gasteiger partial charge in [-0.05, 0) is 151 Å². The topological polar surface area (TPSA) is 3.24 Å². The average molecular weight is 822 g/mol. The SMILES string of the molecule is C#C\C=C1/CN(c2cc(C(=C)/C=C\C)cc(-c3ccc(C)cc3)c2)/C(C)=C/c2cc(C(C)(C)C)cc3c2/C=C(C)/C1=C\C=C(/C)CC3.C=CC.CC.CC.CC.CC.CCC. The van der Waals surface area contributed by atoms with Crippen molar-refractivity contribution in [3.8, 4) is 23.5 Å². The Morgan fingerprint density at radius 1 is 0.787 bits per heavy atom. The largest absolute Gasteiger partial charge is 0.341 e. The lowest BCUT2D eigenvalue weighted by atomic mass is 9.81. The molecule has 2 aliphatic rings. The van der Waals surface area contributed by atoms with Crippen LogP contribution in [0.25, 0.3) is 28.9 Å². The van der Waals surface area contributed by atoms with Crippen LogP contribution in [0.4, 0.5) is 5.69 Å². The number of hydrogen-bond acceptors (Lipinski definition) is 1. The van der Waals surface area contributed by atoms with E-state index >= 15 is 0 Å². The van der Waals surface area contributed by atoms with Gasteiger partial charge in [0.25, 0.3) is 0 Å². The van der Waals surface area contributed by atoms with Crippen LogP contribution in [0.3, 0.4) is 0 Å². The van der Waals surface area contributed by atoms with E-state index in [1.165, 1.54) is 56.5 Å². The molecule has 0 saturated heterocycles. The Balaban J connectivity index is 0. The van der Waals surface area contributed by atoms with Crippen LogP contribution in [0.2, 0.25) is 0 Å². The van der Waals surface area contributed by atoms with Crippen molar-refractivity contribution in [2.45, 2.75) is 156 Å². The number of terminal acetylenes is 1. The minimum atomic E-state index is 0.0272. The first kappa shape index (κ1) is 58.0. The first-order valence-corrected chi connectivity index (χ1v) is 23.2. The molecular formula is C60H87N. The van der Waals surface area contributed by atoms with Gasteiger partial charge in [-0.1, -0.05) is 193 Å². The highest BCUT2D eigenvalue weighted by Crippen LogP contribution is 2.38. The van der Waals surface area contributed by atoms with Gasteiger partial charge in [0.05, 0.1) is 0 Å². The van der Waals surface area contributed by atoms with Crippen LogP contribution in [0.5, 0.6) is 0 Å². The smallest absolute Gasteiger partial charge is 0.0490 e. The molecule has 5 rings (SSSR count). The highest BCUT2D eigenvalue weighted by Gasteiger charge is 2.23. The van der Waals surface area contributed by atoms with Gasteiger partial charge < -0.3 is 4.90 Å². The molecule has 1 nitrogen and oxygen atoms in total. The fraction of sp³-hybridized carbons (Fsp3) is 0.400. The molecule has 0 amide bonds. The molecule has 0 atom stereocenters. The van der Waals surface area contributed by atoms with Gasteiger partial charge in [-0.2, -0.15) is 0 Å². The van der Waals surface area contributed by atoms with E-state index in [0.29, 0.717) is 6.54 Å². The molecule has 0 N–H and O–H groups in total. The third-order valence-electron chi connectivity index (χ3n) is 9.35. The first-order chi connectivity index (χ1) is 29.2. The van der Waals surface area contributed by atoms with Gasteiger partial charge in [0.1, 0.15) is 0 Å². The summed E-state index contributed by atoms with van der Waals surface area (Å²) in [7, 11) is 0. The Kier molecular flexibility index (Phi) is 30.2. The molecule has 332 valence electrons. The van der Waals surface area contributed by atoms with Crippen LogP contribution in [-0.2, 0) is 11.8 Å². The number of aryl methyl sites for hydroxylation is 2. The number of fused-ring (bicyclic) bond motifs is 1. The molecule has 1 aliphatic heterocycles. The zero-order valence-electron chi connectivity index (χ0n) is 42.6. The van der Waals surface area contributed by atoms with E-state index in [4.69, 9.17) is 6.42 Å². The van der Waals surface area contributed by atoms with Crippen molar-refractivity contribution in [3.63, 3.8) is 0 Å². The number of benzene rings is 3. The van der Waals surface area contributed by atoms with Crippen molar-refractivity contribution in [1.82, 2.24) is 0 Å². The number of anilines is 1. The van der Waals surface area contributed by atoms with Crippen LogP contribution in [0.1, 0.15) is 171 Å². The summed E-state index contributed by atoms with van der Waals surface area (Å²) in [6.07, 6.45) is 26.5. The molecule has 2 bridgehead atoms. The van der Waals surface area contributed by atoms with E-state index in [0.717, 1.165) is 46.5 Å². The quantitative estimate of drug-likeness (QED) is 0.144. The number of hydrogen-bond donors (Lipinski definition) is 0. The maximum atomic E-state index is 6.04. The maximum absolute atomic E-state index is 6.04. The molecule has 0 radical (unpaired) electrons. The van der Waals surface area contributed by atoms with Gasteiger partial charge in [0.2, 0.25) is 0 Å². The molecule has 0 aromatic heterocycles. The second kappa shape index (κ2) is 31.8. The molecule has 0 unspecified atom stereocenters. The van der Waals surface area contributed by atoms with Crippen LogP contribution >= 0.6 is 0 Å². The van der Waals surface area contributed by atoms with E-state index in [2.05, 4.69) is 177 Å². The van der Waals surface area contributed by atoms with E-state index in [1.807, 2.05) is 75.3 Å². The summed E-state index contributed by atoms with van der Waals surface area (Å²) < 4.78 is 0. The van der Waals surface area contributed by atoms with Crippen molar-refractivity contribution in [3.05, 3.63) is 166 Å². The summed E-state index contributed by atoms with van der Waals surface area (Å²) in [6.45, 7) is 48.4. The van der Waals surface area contributed by atoms with Crippen molar-refractivity contribution >= 4 is 23.4 Å². The lowest BCUT2D eigenvalue weighted by Crippen LogP contribution is -2.25.